The van der Waals surface area contributed by atoms with E-state index in [0.717, 1.165) is 10.4 Å². The molecule has 14 heavy (non-hydrogen) atoms. The molecule has 0 aliphatic heterocycles. The Kier molecular flexibility index (Phi) is 3.17. The smallest absolute Gasteiger partial charge is 0.206 e. The van der Waals surface area contributed by atoms with Gasteiger partial charge in [-0.05, 0) is 12.1 Å². The summed E-state index contributed by atoms with van der Waals surface area (Å²) in [4.78, 5) is 3.32. The second-order valence-electron chi connectivity index (χ2n) is 2.72. The zero-order valence-electron chi connectivity index (χ0n) is 7.94. The van der Waals surface area contributed by atoms with Gasteiger partial charge < -0.3 is 0 Å². The second-order valence-corrected chi connectivity index (χ2v) is 4.71. The number of rotatable bonds is 3. The lowest BCUT2D eigenvalue weighted by molar-refractivity contribution is 0.478. The van der Waals surface area contributed by atoms with E-state index in [9.17, 15) is 12.8 Å². The van der Waals surface area contributed by atoms with Crippen LogP contribution in [0.25, 0.3) is 0 Å². The number of aromatic nitrogens is 1. The third-order valence-electron chi connectivity index (χ3n) is 1.81. The first-order valence-corrected chi connectivity index (χ1v) is 5.51. The molecule has 0 aliphatic carbocycles. The fourth-order valence-corrected chi connectivity index (χ4v) is 1.98. The Bertz CT molecular complexity index is 419. The third kappa shape index (κ3) is 2.08. The molecule has 0 aromatic carbocycles. The molecule has 0 saturated heterocycles. The lowest BCUT2D eigenvalue weighted by atomic mass is 10.5. The number of hydrogen-bond donors (Lipinski definition) is 0. The van der Waals surface area contributed by atoms with E-state index >= 15 is 0 Å². The number of pyridine rings is 1. The topological polar surface area (TPSA) is 50.3 Å². The first-order chi connectivity index (χ1) is 6.48. The van der Waals surface area contributed by atoms with Crippen LogP contribution in [0.1, 0.15) is 6.92 Å². The summed E-state index contributed by atoms with van der Waals surface area (Å²) in [7, 11) is -2.21. The van der Waals surface area contributed by atoms with Crippen LogP contribution < -0.4 is 0 Å². The maximum Gasteiger partial charge on any atom is 0.260 e. The minimum Gasteiger partial charge on any atom is -0.206 e. The van der Waals surface area contributed by atoms with Crippen molar-refractivity contribution in [2.45, 2.75) is 11.9 Å². The predicted octanol–water partition coefficient (Wildman–Crippen LogP) is 0.861. The van der Waals surface area contributed by atoms with Gasteiger partial charge in [0.05, 0.1) is 0 Å². The van der Waals surface area contributed by atoms with Crippen molar-refractivity contribution in [3.63, 3.8) is 0 Å². The van der Waals surface area contributed by atoms with Gasteiger partial charge in [0.2, 0.25) is 5.95 Å². The lowest BCUT2D eigenvalue weighted by Gasteiger charge is -2.13. The average Bonchev–Trinajstić information content (AvgIpc) is 2.16. The molecule has 0 spiro atoms. The van der Waals surface area contributed by atoms with Crippen molar-refractivity contribution in [1.29, 1.82) is 0 Å². The molecule has 1 aromatic heterocycles. The van der Waals surface area contributed by atoms with Gasteiger partial charge in [0.25, 0.3) is 10.0 Å². The molecule has 1 rings (SSSR count). The van der Waals surface area contributed by atoms with Gasteiger partial charge in [0.1, 0.15) is 0 Å². The number of nitrogens with zero attached hydrogens (tertiary/aromatic N) is 2. The van der Waals surface area contributed by atoms with Crippen LogP contribution in [-0.2, 0) is 10.0 Å². The highest BCUT2D eigenvalue weighted by Gasteiger charge is 2.20. The molecule has 6 heteroatoms. The van der Waals surface area contributed by atoms with Crippen molar-refractivity contribution in [2.75, 3.05) is 13.6 Å². The van der Waals surface area contributed by atoms with Crippen molar-refractivity contribution in [3.8, 4) is 0 Å². The summed E-state index contributed by atoms with van der Waals surface area (Å²) < 4.78 is 37.0. The van der Waals surface area contributed by atoms with E-state index in [4.69, 9.17) is 0 Å². The summed E-state index contributed by atoms with van der Waals surface area (Å²) in [6.45, 7) is 2.01. The van der Waals surface area contributed by atoms with Crippen LogP contribution in [0.4, 0.5) is 4.39 Å². The highest BCUT2D eigenvalue weighted by Crippen LogP contribution is 2.10. The van der Waals surface area contributed by atoms with E-state index in [1.807, 2.05) is 0 Å². The Morgan fingerprint density at radius 2 is 2.14 bits per heavy atom. The van der Waals surface area contributed by atoms with Crippen LogP contribution in [0, 0.1) is 5.95 Å². The molecule has 1 aromatic rings. The Morgan fingerprint density at radius 3 is 2.64 bits per heavy atom. The largest absolute Gasteiger partial charge is 0.260 e. The summed E-state index contributed by atoms with van der Waals surface area (Å²) in [5, 5.41) is -0.262. The van der Waals surface area contributed by atoms with Gasteiger partial charge in [-0.3, -0.25) is 0 Å². The molecule has 0 fully saturated rings. The van der Waals surface area contributed by atoms with E-state index in [0.29, 0.717) is 6.54 Å². The first kappa shape index (κ1) is 11.1. The molecule has 0 radical (unpaired) electrons. The summed E-state index contributed by atoms with van der Waals surface area (Å²) in [5.41, 5.74) is 0. The SMILES string of the molecule is CCN(C)S(=O)(=O)c1cccc(F)n1. The highest BCUT2D eigenvalue weighted by molar-refractivity contribution is 7.89. The molecule has 0 atom stereocenters. The van der Waals surface area contributed by atoms with Gasteiger partial charge in [0.15, 0.2) is 5.03 Å². The van der Waals surface area contributed by atoms with Gasteiger partial charge >= 0.3 is 0 Å². The van der Waals surface area contributed by atoms with E-state index in [2.05, 4.69) is 4.98 Å². The molecular weight excluding hydrogens is 207 g/mol. The molecule has 0 aliphatic rings. The quantitative estimate of drug-likeness (QED) is 0.707. The molecule has 0 amide bonds. The fraction of sp³-hybridized carbons (Fsp3) is 0.375. The Hall–Kier alpha value is -1.01. The van der Waals surface area contributed by atoms with Gasteiger partial charge in [-0.2, -0.15) is 8.70 Å². The summed E-state index contributed by atoms with van der Waals surface area (Å²) in [5.74, 6) is -0.796. The molecular formula is C8H11FN2O2S. The molecule has 0 unspecified atom stereocenters. The van der Waals surface area contributed by atoms with Crippen LogP contribution in [-0.4, -0.2) is 31.3 Å². The number of halogens is 1. The van der Waals surface area contributed by atoms with E-state index in [-0.39, 0.29) is 5.03 Å². The van der Waals surface area contributed by atoms with Gasteiger partial charge in [-0.1, -0.05) is 13.0 Å². The average molecular weight is 218 g/mol. The second kappa shape index (κ2) is 4.02. The zero-order valence-corrected chi connectivity index (χ0v) is 8.75. The van der Waals surface area contributed by atoms with Crippen molar-refractivity contribution in [3.05, 3.63) is 24.1 Å². The summed E-state index contributed by atoms with van der Waals surface area (Å²) >= 11 is 0. The van der Waals surface area contributed by atoms with E-state index in [1.165, 1.54) is 19.2 Å². The van der Waals surface area contributed by atoms with E-state index in [1.54, 1.807) is 6.92 Å². The minimum absolute atomic E-state index is 0.262. The summed E-state index contributed by atoms with van der Waals surface area (Å²) in [6.07, 6.45) is 0. The van der Waals surface area contributed by atoms with Crippen molar-refractivity contribution < 1.29 is 12.8 Å². The molecule has 0 saturated carbocycles. The predicted molar refractivity (Wildman–Crippen MR) is 49.7 cm³/mol. The number of sulfonamides is 1. The van der Waals surface area contributed by atoms with Crippen LogP contribution in [0.15, 0.2) is 23.2 Å². The van der Waals surface area contributed by atoms with Crippen molar-refractivity contribution in [1.82, 2.24) is 9.29 Å². The van der Waals surface area contributed by atoms with Crippen LogP contribution in [0.5, 0.6) is 0 Å². The zero-order chi connectivity index (χ0) is 10.8. The molecule has 78 valence electrons. The Morgan fingerprint density at radius 1 is 1.50 bits per heavy atom. The van der Waals surface area contributed by atoms with Gasteiger partial charge in [0, 0.05) is 13.6 Å². The maximum atomic E-state index is 12.7. The van der Waals surface area contributed by atoms with Crippen molar-refractivity contribution >= 4 is 10.0 Å². The molecule has 0 bridgehead atoms. The monoisotopic (exact) mass is 218 g/mol. The normalized spacial score (nSPS) is 12.0. The molecule has 4 nitrogen and oxygen atoms in total. The lowest BCUT2D eigenvalue weighted by Crippen LogP contribution is -2.27. The third-order valence-corrected chi connectivity index (χ3v) is 3.64. The maximum absolute atomic E-state index is 12.7. The Labute approximate surface area is 82.4 Å². The van der Waals surface area contributed by atoms with E-state index < -0.39 is 16.0 Å². The number of hydrogen-bond acceptors (Lipinski definition) is 3. The minimum atomic E-state index is -3.63. The van der Waals surface area contributed by atoms with Crippen LogP contribution in [0.2, 0.25) is 0 Å². The summed E-state index contributed by atoms with van der Waals surface area (Å²) in [6, 6.07) is 3.69. The van der Waals surface area contributed by atoms with Crippen LogP contribution in [0.3, 0.4) is 0 Å². The highest BCUT2D eigenvalue weighted by atomic mass is 32.2. The van der Waals surface area contributed by atoms with Crippen LogP contribution >= 0.6 is 0 Å². The Balaban J connectivity index is 3.17. The molecule has 1 heterocycles. The molecule has 0 N–H and O–H groups in total. The fourth-order valence-electron chi connectivity index (χ4n) is 0.863. The van der Waals surface area contributed by atoms with Crippen molar-refractivity contribution in [2.24, 2.45) is 0 Å². The first-order valence-electron chi connectivity index (χ1n) is 4.07. The van der Waals surface area contributed by atoms with Gasteiger partial charge in [-0.15, -0.1) is 0 Å². The van der Waals surface area contributed by atoms with Gasteiger partial charge in [-0.25, -0.2) is 13.4 Å². The standard InChI is InChI=1S/C8H11FN2O2S/c1-3-11(2)14(12,13)8-6-4-5-7(9)10-8/h4-6H,3H2,1-2H3.